The zero-order chi connectivity index (χ0) is 18.1. The molecule has 0 heterocycles. The molecule has 7 heteroatoms. The quantitative estimate of drug-likeness (QED) is 0.509. The molecule has 0 aromatic rings. The highest BCUT2D eigenvalue weighted by Gasteiger charge is 2.31. The van der Waals surface area contributed by atoms with Gasteiger partial charge in [-0.05, 0) is 33.6 Å². The lowest BCUT2D eigenvalue weighted by atomic mass is 10.1. The van der Waals surface area contributed by atoms with Crippen LogP contribution in [0, 0.1) is 0 Å². The summed E-state index contributed by atoms with van der Waals surface area (Å²) in [5.41, 5.74) is -0.742. The first-order valence-corrected chi connectivity index (χ1v) is 8.04. The largest absolute Gasteiger partial charge is 0.464 e. The predicted molar refractivity (Wildman–Crippen MR) is 83.5 cm³/mol. The van der Waals surface area contributed by atoms with E-state index in [0.717, 1.165) is 6.42 Å². The molecule has 0 aliphatic carbocycles. The number of hydrogen-bond acceptors (Lipinski definition) is 4. The van der Waals surface area contributed by atoms with E-state index in [1.165, 1.54) is 6.92 Å². The maximum absolute atomic E-state index is 13.4. The van der Waals surface area contributed by atoms with Crippen LogP contribution in [0.4, 0.5) is 13.6 Å². The Labute approximate surface area is 137 Å². The van der Waals surface area contributed by atoms with Gasteiger partial charge >= 0.3 is 12.1 Å². The number of rotatable bonds is 9. The number of esters is 1. The Morgan fingerprint density at radius 2 is 1.78 bits per heavy atom. The van der Waals surface area contributed by atoms with E-state index in [1.54, 1.807) is 20.8 Å². The average molecular weight is 337 g/mol. The molecule has 0 saturated carbocycles. The molecule has 0 spiro atoms. The van der Waals surface area contributed by atoms with Gasteiger partial charge in [-0.25, -0.2) is 18.4 Å². The van der Waals surface area contributed by atoms with Crippen LogP contribution in [0.5, 0.6) is 0 Å². The molecule has 136 valence electrons. The van der Waals surface area contributed by atoms with Gasteiger partial charge in [0.2, 0.25) is 5.92 Å². The minimum atomic E-state index is -2.88. The van der Waals surface area contributed by atoms with Crippen LogP contribution in [0.1, 0.15) is 66.7 Å². The molecule has 1 atom stereocenters. The molecule has 0 fully saturated rings. The summed E-state index contributed by atoms with van der Waals surface area (Å²) in [6.07, 6.45) is -0.342. The Hall–Kier alpha value is -1.40. The molecule has 1 N–H and O–H groups in total. The van der Waals surface area contributed by atoms with E-state index in [1.807, 2.05) is 6.92 Å². The lowest BCUT2D eigenvalue weighted by Gasteiger charge is -2.24. The zero-order valence-corrected chi connectivity index (χ0v) is 14.7. The molecule has 23 heavy (non-hydrogen) atoms. The second kappa shape index (κ2) is 9.67. The van der Waals surface area contributed by atoms with E-state index < -0.39 is 36.0 Å². The highest BCUT2D eigenvalue weighted by atomic mass is 19.3. The molecule has 5 nitrogen and oxygen atoms in total. The van der Waals surface area contributed by atoms with E-state index in [2.05, 4.69) is 5.32 Å². The van der Waals surface area contributed by atoms with Crippen LogP contribution < -0.4 is 5.32 Å². The van der Waals surface area contributed by atoms with Crippen LogP contribution in [0.15, 0.2) is 0 Å². The van der Waals surface area contributed by atoms with E-state index >= 15 is 0 Å². The van der Waals surface area contributed by atoms with Crippen molar-refractivity contribution < 1.29 is 27.8 Å². The number of unbranched alkanes of at least 4 members (excludes halogenated alkanes) is 1. The van der Waals surface area contributed by atoms with E-state index in [4.69, 9.17) is 9.47 Å². The van der Waals surface area contributed by atoms with Crippen molar-refractivity contribution in [3.8, 4) is 0 Å². The van der Waals surface area contributed by atoms with E-state index in [-0.39, 0.29) is 19.4 Å². The lowest BCUT2D eigenvalue weighted by Crippen LogP contribution is -2.45. The van der Waals surface area contributed by atoms with Gasteiger partial charge in [0.05, 0.1) is 6.61 Å². The van der Waals surface area contributed by atoms with Crippen LogP contribution in [-0.4, -0.2) is 36.2 Å². The van der Waals surface area contributed by atoms with Crippen LogP contribution in [0.3, 0.4) is 0 Å². The van der Waals surface area contributed by atoms with Crippen LogP contribution >= 0.6 is 0 Å². The molecule has 0 saturated heterocycles. The summed E-state index contributed by atoms with van der Waals surface area (Å²) in [6, 6.07) is -1.14. The van der Waals surface area contributed by atoms with Gasteiger partial charge in [0.25, 0.3) is 0 Å². The highest BCUT2D eigenvalue weighted by molar-refractivity contribution is 5.81. The topological polar surface area (TPSA) is 64.6 Å². The lowest BCUT2D eigenvalue weighted by molar-refractivity contribution is -0.147. The maximum Gasteiger partial charge on any atom is 0.408 e. The second-order valence-corrected chi connectivity index (χ2v) is 6.47. The molecule has 0 radical (unpaired) electrons. The predicted octanol–water partition coefficient (Wildman–Crippen LogP) is 4.05. The van der Waals surface area contributed by atoms with Gasteiger partial charge in [-0.1, -0.05) is 20.3 Å². The molecule has 0 bridgehead atoms. The molecular formula is C16H29F2NO4. The number of halogens is 2. The molecule has 0 aromatic heterocycles. The Bertz CT molecular complexity index is 381. The average Bonchev–Trinajstić information content (AvgIpc) is 2.41. The Morgan fingerprint density at radius 3 is 2.26 bits per heavy atom. The number of carbonyl (C=O) groups excluding carboxylic acids is 2. The molecule has 0 aromatic carbocycles. The van der Waals surface area contributed by atoms with Crippen LogP contribution in [0.2, 0.25) is 0 Å². The third kappa shape index (κ3) is 10.9. The second-order valence-electron chi connectivity index (χ2n) is 6.47. The molecular weight excluding hydrogens is 308 g/mol. The van der Waals surface area contributed by atoms with Gasteiger partial charge < -0.3 is 14.8 Å². The summed E-state index contributed by atoms with van der Waals surface area (Å²) < 4.78 is 36.9. The Morgan fingerprint density at radius 1 is 1.17 bits per heavy atom. The Balaban J connectivity index is 4.72. The summed E-state index contributed by atoms with van der Waals surface area (Å²) in [5, 5.41) is 2.33. The number of hydrogen-bond donors (Lipinski definition) is 1. The smallest absolute Gasteiger partial charge is 0.408 e. The summed E-state index contributed by atoms with van der Waals surface area (Å²) in [6.45, 7) is 8.53. The molecule has 0 aliphatic heterocycles. The number of ether oxygens (including phenoxy) is 2. The minimum absolute atomic E-state index is 0.200. The van der Waals surface area contributed by atoms with Crippen molar-refractivity contribution in [1.29, 1.82) is 0 Å². The molecule has 1 amide bonds. The third-order valence-corrected chi connectivity index (χ3v) is 3.03. The van der Waals surface area contributed by atoms with Crippen molar-refractivity contribution in [3.63, 3.8) is 0 Å². The van der Waals surface area contributed by atoms with Gasteiger partial charge in [0, 0.05) is 12.8 Å². The van der Waals surface area contributed by atoms with Gasteiger partial charge in [-0.15, -0.1) is 0 Å². The fraction of sp³-hybridized carbons (Fsp3) is 0.875. The minimum Gasteiger partial charge on any atom is -0.464 e. The fourth-order valence-electron chi connectivity index (χ4n) is 1.65. The van der Waals surface area contributed by atoms with Crippen LogP contribution in [-0.2, 0) is 14.3 Å². The number of carbonyl (C=O) groups is 2. The van der Waals surface area contributed by atoms with E-state index in [0.29, 0.717) is 6.42 Å². The molecule has 0 aliphatic rings. The maximum atomic E-state index is 13.4. The standard InChI is InChI=1S/C16H29F2NO4/c1-6-8-11-22-13(20)12(9-10-16(17,18)7-2)19-14(21)23-15(3,4)5/h12H,6-11H2,1-5H3,(H,19,21). The van der Waals surface area contributed by atoms with Gasteiger partial charge in [0.15, 0.2) is 0 Å². The summed E-state index contributed by atoms with van der Waals surface area (Å²) in [7, 11) is 0. The van der Waals surface area contributed by atoms with Gasteiger partial charge in [-0.3, -0.25) is 0 Å². The van der Waals surface area contributed by atoms with Crippen molar-refractivity contribution in [2.24, 2.45) is 0 Å². The fourth-order valence-corrected chi connectivity index (χ4v) is 1.65. The first-order valence-electron chi connectivity index (χ1n) is 8.04. The van der Waals surface area contributed by atoms with Crippen molar-refractivity contribution in [2.75, 3.05) is 6.61 Å². The number of alkyl carbamates (subject to hydrolysis) is 1. The zero-order valence-electron chi connectivity index (χ0n) is 14.7. The number of nitrogens with one attached hydrogen (secondary N) is 1. The first kappa shape index (κ1) is 21.6. The van der Waals surface area contributed by atoms with Crippen molar-refractivity contribution in [1.82, 2.24) is 5.32 Å². The number of alkyl halides is 2. The summed E-state index contributed by atoms with van der Waals surface area (Å²) in [4.78, 5) is 23.8. The van der Waals surface area contributed by atoms with Crippen molar-refractivity contribution >= 4 is 12.1 Å². The van der Waals surface area contributed by atoms with Crippen LogP contribution in [0.25, 0.3) is 0 Å². The SMILES string of the molecule is CCCCOC(=O)C(CCC(F)(F)CC)NC(=O)OC(C)(C)C. The van der Waals surface area contributed by atoms with E-state index in [9.17, 15) is 18.4 Å². The monoisotopic (exact) mass is 337 g/mol. The first-order chi connectivity index (χ1) is 10.5. The molecule has 0 rings (SSSR count). The highest BCUT2D eigenvalue weighted by Crippen LogP contribution is 2.25. The number of amides is 1. The summed E-state index contributed by atoms with van der Waals surface area (Å²) in [5.74, 6) is -3.59. The van der Waals surface area contributed by atoms with Gasteiger partial charge in [0.1, 0.15) is 11.6 Å². The van der Waals surface area contributed by atoms with Crippen molar-refractivity contribution in [3.05, 3.63) is 0 Å². The van der Waals surface area contributed by atoms with Gasteiger partial charge in [-0.2, -0.15) is 0 Å². The normalized spacial score (nSPS) is 13.3. The summed E-state index contributed by atoms with van der Waals surface area (Å²) >= 11 is 0. The van der Waals surface area contributed by atoms with Crippen molar-refractivity contribution in [2.45, 2.75) is 84.3 Å². The Kier molecular flexibility index (Phi) is 9.09. The molecule has 1 unspecified atom stereocenters. The third-order valence-electron chi connectivity index (χ3n) is 3.03.